The molecule has 1 unspecified atom stereocenters. The summed E-state index contributed by atoms with van der Waals surface area (Å²) in [7, 11) is 1.46. The number of carboxylic acids is 1. The van der Waals surface area contributed by atoms with Crippen LogP contribution in [0.4, 0.5) is 5.69 Å². The number of carbonyl (C=O) groups excluding carboxylic acids is 1. The van der Waals surface area contributed by atoms with E-state index in [1.54, 1.807) is 12.1 Å². The Morgan fingerprint density at radius 2 is 2.39 bits per heavy atom. The zero-order valence-electron chi connectivity index (χ0n) is 9.80. The third-order valence-electron chi connectivity index (χ3n) is 2.67. The number of thioether (sulfide) groups is 1. The number of hydrogen-bond acceptors (Lipinski definition) is 4. The van der Waals surface area contributed by atoms with Crippen LogP contribution in [-0.4, -0.2) is 36.5 Å². The standard InChI is InChI=1S/C12H13NO4S/c1-17-5-8(12(15)16)7-2-3-10-9(4-7)13-11(14)6-18-10/h2-4,8H,5-6H2,1H3,(H,13,14)(H,15,16). The van der Waals surface area contributed by atoms with Gasteiger partial charge in [0.15, 0.2) is 0 Å². The van der Waals surface area contributed by atoms with Crippen molar-refractivity contribution in [3.63, 3.8) is 0 Å². The zero-order chi connectivity index (χ0) is 13.1. The topological polar surface area (TPSA) is 75.6 Å². The van der Waals surface area contributed by atoms with Crippen molar-refractivity contribution >= 4 is 29.3 Å². The second kappa shape index (κ2) is 5.41. The van der Waals surface area contributed by atoms with Crippen molar-refractivity contribution in [3.05, 3.63) is 23.8 Å². The number of carboxylic acid groups (broad SMARTS) is 1. The molecule has 1 amide bonds. The fraction of sp³-hybridized carbons (Fsp3) is 0.333. The number of amides is 1. The van der Waals surface area contributed by atoms with Gasteiger partial charge < -0.3 is 15.2 Å². The number of benzene rings is 1. The molecule has 0 aromatic heterocycles. The minimum absolute atomic E-state index is 0.0664. The van der Waals surface area contributed by atoms with Crippen LogP contribution in [0.25, 0.3) is 0 Å². The van der Waals surface area contributed by atoms with Gasteiger partial charge in [-0.05, 0) is 17.7 Å². The molecular formula is C12H13NO4S. The summed E-state index contributed by atoms with van der Waals surface area (Å²) >= 11 is 1.45. The van der Waals surface area contributed by atoms with Crippen molar-refractivity contribution in [2.24, 2.45) is 0 Å². The van der Waals surface area contributed by atoms with E-state index < -0.39 is 11.9 Å². The quantitative estimate of drug-likeness (QED) is 0.865. The van der Waals surface area contributed by atoms with Gasteiger partial charge >= 0.3 is 5.97 Å². The third kappa shape index (κ3) is 2.65. The Labute approximate surface area is 109 Å². The van der Waals surface area contributed by atoms with Crippen LogP contribution in [0.1, 0.15) is 11.5 Å². The van der Waals surface area contributed by atoms with Crippen LogP contribution in [0.15, 0.2) is 23.1 Å². The summed E-state index contributed by atoms with van der Waals surface area (Å²) in [4.78, 5) is 23.4. The maximum Gasteiger partial charge on any atom is 0.313 e. The van der Waals surface area contributed by atoms with E-state index in [1.165, 1.54) is 18.9 Å². The molecule has 1 aromatic rings. The predicted octanol–water partition coefficient (Wildman–Crippen LogP) is 1.55. The minimum atomic E-state index is -0.938. The van der Waals surface area contributed by atoms with Crippen LogP contribution in [0, 0.1) is 0 Å². The summed E-state index contributed by atoms with van der Waals surface area (Å²) in [6.45, 7) is 0.106. The number of anilines is 1. The van der Waals surface area contributed by atoms with Crippen molar-refractivity contribution in [2.45, 2.75) is 10.8 Å². The Balaban J connectivity index is 2.31. The molecule has 5 nitrogen and oxygen atoms in total. The van der Waals surface area contributed by atoms with Crippen LogP contribution < -0.4 is 5.32 Å². The van der Waals surface area contributed by atoms with Gasteiger partial charge in [0.1, 0.15) is 5.92 Å². The molecule has 1 aliphatic heterocycles. The van der Waals surface area contributed by atoms with E-state index in [0.717, 1.165) is 4.90 Å². The fourth-order valence-electron chi connectivity index (χ4n) is 1.79. The molecule has 0 radical (unpaired) electrons. The number of methoxy groups -OCH3 is 1. The van der Waals surface area contributed by atoms with Gasteiger partial charge in [0.2, 0.25) is 5.91 Å². The highest BCUT2D eigenvalue weighted by Gasteiger charge is 2.22. The molecule has 0 spiro atoms. The first-order valence-corrected chi connectivity index (χ1v) is 6.38. The lowest BCUT2D eigenvalue weighted by molar-refractivity contribution is -0.140. The largest absolute Gasteiger partial charge is 0.481 e. The highest BCUT2D eigenvalue weighted by molar-refractivity contribution is 8.00. The monoisotopic (exact) mass is 267 g/mol. The Morgan fingerprint density at radius 1 is 1.61 bits per heavy atom. The molecule has 0 bridgehead atoms. The molecule has 96 valence electrons. The number of hydrogen-bond donors (Lipinski definition) is 2. The van der Waals surface area contributed by atoms with Gasteiger partial charge in [0.05, 0.1) is 18.0 Å². The van der Waals surface area contributed by atoms with Crippen LogP contribution in [-0.2, 0) is 14.3 Å². The molecule has 1 aromatic carbocycles. The lowest BCUT2D eigenvalue weighted by Crippen LogP contribution is -2.20. The molecule has 0 saturated carbocycles. The van der Waals surface area contributed by atoms with Crippen LogP contribution >= 0.6 is 11.8 Å². The molecule has 2 N–H and O–H groups in total. The molecule has 1 heterocycles. The molecule has 2 rings (SSSR count). The first-order chi connectivity index (χ1) is 8.61. The summed E-state index contributed by atoms with van der Waals surface area (Å²) in [6, 6.07) is 5.30. The maximum absolute atomic E-state index is 11.3. The second-order valence-corrected chi connectivity index (χ2v) is 4.96. The summed E-state index contributed by atoms with van der Waals surface area (Å²) < 4.78 is 4.91. The Hall–Kier alpha value is -1.53. The van der Waals surface area contributed by atoms with Gasteiger partial charge in [0, 0.05) is 12.0 Å². The second-order valence-electron chi connectivity index (χ2n) is 3.94. The Bertz CT molecular complexity index is 489. The first-order valence-electron chi connectivity index (χ1n) is 5.40. The van der Waals surface area contributed by atoms with Gasteiger partial charge in [-0.25, -0.2) is 0 Å². The SMILES string of the molecule is COCC(C(=O)O)c1ccc2c(c1)NC(=O)CS2. The lowest BCUT2D eigenvalue weighted by atomic mass is 9.99. The average molecular weight is 267 g/mol. The van der Waals surface area contributed by atoms with E-state index in [0.29, 0.717) is 17.0 Å². The molecule has 6 heteroatoms. The van der Waals surface area contributed by atoms with E-state index in [2.05, 4.69) is 5.32 Å². The number of fused-ring (bicyclic) bond motifs is 1. The van der Waals surface area contributed by atoms with Gasteiger partial charge in [-0.2, -0.15) is 0 Å². The van der Waals surface area contributed by atoms with Crippen LogP contribution in [0.2, 0.25) is 0 Å². The third-order valence-corrected chi connectivity index (χ3v) is 3.74. The molecule has 1 aliphatic rings. The van der Waals surface area contributed by atoms with Gasteiger partial charge in [0.25, 0.3) is 0 Å². The number of carbonyl (C=O) groups is 2. The van der Waals surface area contributed by atoms with Crippen molar-refractivity contribution in [1.82, 2.24) is 0 Å². The van der Waals surface area contributed by atoms with Crippen molar-refractivity contribution in [2.75, 3.05) is 24.8 Å². The van der Waals surface area contributed by atoms with Gasteiger partial charge in [-0.1, -0.05) is 6.07 Å². The van der Waals surface area contributed by atoms with E-state index in [1.807, 2.05) is 6.07 Å². The van der Waals surface area contributed by atoms with Gasteiger partial charge in [-0.3, -0.25) is 9.59 Å². The number of rotatable bonds is 4. The number of ether oxygens (including phenoxy) is 1. The van der Waals surface area contributed by atoms with Gasteiger partial charge in [-0.15, -0.1) is 11.8 Å². The molecule has 0 fully saturated rings. The van der Waals surface area contributed by atoms with Crippen LogP contribution in [0.5, 0.6) is 0 Å². The van der Waals surface area contributed by atoms with Crippen molar-refractivity contribution in [1.29, 1.82) is 0 Å². The molecule has 1 atom stereocenters. The van der Waals surface area contributed by atoms with Crippen molar-refractivity contribution in [3.8, 4) is 0 Å². The van der Waals surface area contributed by atoms with E-state index >= 15 is 0 Å². The summed E-state index contributed by atoms with van der Waals surface area (Å²) in [6.07, 6.45) is 0. The number of nitrogens with one attached hydrogen (secondary N) is 1. The molecular weight excluding hydrogens is 254 g/mol. The van der Waals surface area contributed by atoms with E-state index in [4.69, 9.17) is 9.84 Å². The Kier molecular flexibility index (Phi) is 3.88. The van der Waals surface area contributed by atoms with Crippen molar-refractivity contribution < 1.29 is 19.4 Å². The zero-order valence-corrected chi connectivity index (χ0v) is 10.6. The minimum Gasteiger partial charge on any atom is -0.481 e. The highest BCUT2D eigenvalue weighted by Crippen LogP contribution is 2.33. The normalized spacial score (nSPS) is 15.7. The predicted molar refractivity (Wildman–Crippen MR) is 68.0 cm³/mol. The van der Waals surface area contributed by atoms with E-state index in [-0.39, 0.29) is 12.5 Å². The summed E-state index contributed by atoms with van der Waals surface area (Å²) in [5.74, 6) is -1.33. The summed E-state index contributed by atoms with van der Waals surface area (Å²) in [5.41, 5.74) is 1.31. The summed E-state index contributed by atoms with van der Waals surface area (Å²) in [5, 5.41) is 11.9. The fourth-order valence-corrected chi connectivity index (χ4v) is 2.58. The average Bonchev–Trinajstić information content (AvgIpc) is 2.34. The highest BCUT2D eigenvalue weighted by atomic mass is 32.2. The number of aliphatic carboxylic acids is 1. The maximum atomic E-state index is 11.3. The first kappa shape index (κ1) is 12.9. The van der Waals surface area contributed by atoms with Crippen LogP contribution in [0.3, 0.4) is 0 Å². The molecule has 0 saturated heterocycles. The Morgan fingerprint density at radius 3 is 3.06 bits per heavy atom. The molecule has 0 aliphatic carbocycles. The van der Waals surface area contributed by atoms with E-state index in [9.17, 15) is 9.59 Å². The molecule has 18 heavy (non-hydrogen) atoms. The smallest absolute Gasteiger partial charge is 0.313 e. The lowest BCUT2D eigenvalue weighted by Gasteiger charge is -2.19.